The van der Waals surface area contributed by atoms with Crippen molar-refractivity contribution in [3.8, 4) is 0 Å². The molecule has 2 fully saturated rings. The summed E-state index contributed by atoms with van der Waals surface area (Å²) in [5.74, 6) is -0.908. The normalized spacial score (nSPS) is 18.8. The van der Waals surface area contributed by atoms with Crippen molar-refractivity contribution < 1.29 is 24.2 Å². The Labute approximate surface area is 251 Å². The van der Waals surface area contributed by atoms with Crippen molar-refractivity contribution in [1.82, 2.24) is 5.32 Å². The largest absolute Gasteiger partial charge is 0.480 e. The number of carbonyl (C=O) groups excluding carboxylic acids is 2. The average molecular weight is 577 g/mol. The predicted molar refractivity (Wildman–Crippen MR) is 167 cm³/mol. The number of esters is 1. The van der Waals surface area contributed by atoms with Crippen LogP contribution in [0.1, 0.15) is 80.1 Å². The first-order valence-corrected chi connectivity index (χ1v) is 15.2. The summed E-state index contributed by atoms with van der Waals surface area (Å²) in [4.78, 5) is 41.1. The number of hydrogen-bond donors (Lipinski definition) is 2. The highest BCUT2D eigenvalue weighted by molar-refractivity contribution is 6.09. The third-order valence-corrected chi connectivity index (χ3v) is 9.04. The van der Waals surface area contributed by atoms with Crippen molar-refractivity contribution in [2.24, 2.45) is 4.99 Å². The summed E-state index contributed by atoms with van der Waals surface area (Å²) in [6.07, 6.45) is 8.66. The van der Waals surface area contributed by atoms with Crippen LogP contribution in [0.5, 0.6) is 0 Å². The summed E-state index contributed by atoms with van der Waals surface area (Å²) in [5.41, 5.74) is -0.311. The van der Waals surface area contributed by atoms with Gasteiger partial charge in [0.15, 0.2) is 5.54 Å². The van der Waals surface area contributed by atoms with E-state index in [2.05, 4.69) is 22.4 Å². The van der Waals surface area contributed by atoms with E-state index in [1.54, 1.807) is 6.07 Å². The molecule has 43 heavy (non-hydrogen) atoms. The Morgan fingerprint density at radius 1 is 0.698 bits per heavy atom. The summed E-state index contributed by atoms with van der Waals surface area (Å²) in [6.45, 7) is 0. The summed E-state index contributed by atoms with van der Waals surface area (Å²) in [7, 11) is 0. The number of hydrogen-bond acceptors (Lipinski definition) is 5. The molecule has 0 unspecified atom stereocenters. The highest BCUT2D eigenvalue weighted by Gasteiger charge is 2.46. The fourth-order valence-electron chi connectivity index (χ4n) is 6.51. The van der Waals surface area contributed by atoms with E-state index >= 15 is 0 Å². The quantitative estimate of drug-likeness (QED) is 0.250. The van der Waals surface area contributed by atoms with E-state index in [9.17, 15) is 19.5 Å². The highest BCUT2D eigenvalue weighted by Crippen LogP contribution is 2.37. The van der Waals surface area contributed by atoms with Crippen LogP contribution in [0, 0.1) is 0 Å². The number of aliphatic carboxylic acids is 1. The monoisotopic (exact) mass is 576 g/mol. The molecule has 3 aliphatic rings. The van der Waals surface area contributed by atoms with Gasteiger partial charge >= 0.3 is 11.9 Å². The second kappa shape index (κ2) is 12.0. The molecule has 4 aromatic rings. The Bertz CT molecular complexity index is 1710. The van der Waals surface area contributed by atoms with Gasteiger partial charge in [0.1, 0.15) is 5.54 Å². The Kier molecular flexibility index (Phi) is 7.98. The molecule has 7 heteroatoms. The summed E-state index contributed by atoms with van der Waals surface area (Å²) < 4.78 is 5.50. The van der Waals surface area contributed by atoms with Gasteiger partial charge in [0.2, 0.25) is 5.90 Å². The van der Waals surface area contributed by atoms with Crippen LogP contribution in [0.4, 0.5) is 0 Å². The number of carbonyl (C=O) groups is 3. The molecule has 0 aromatic heterocycles. The second-order valence-corrected chi connectivity index (χ2v) is 11.9. The molecule has 2 aliphatic carbocycles. The number of rotatable bonds is 4. The van der Waals surface area contributed by atoms with Crippen LogP contribution in [-0.4, -0.2) is 39.9 Å². The van der Waals surface area contributed by atoms with E-state index in [1.807, 2.05) is 66.7 Å². The van der Waals surface area contributed by atoms with Crippen molar-refractivity contribution in [2.45, 2.75) is 75.3 Å². The fourth-order valence-corrected chi connectivity index (χ4v) is 6.51. The van der Waals surface area contributed by atoms with Gasteiger partial charge < -0.3 is 15.2 Å². The minimum Gasteiger partial charge on any atom is -0.480 e. The maximum Gasteiger partial charge on any atom is 0.340 e. The van der Waals surface area contributed by atoms with Crippen molar-refractivity contribution in [1.29, 1.82) is 0 Å². The highest BCUT2D eigenvalue weighted by atomic mass is 16.6. The predicted octanol–water partition coefficient (Wildman–Crippen LogP) is 7.20. The summed E-state index contributed by atoms with van der Waals surface area (Å²) in [6, 6.07) is 27.5. The average Bonchev–Trinajstić information content (AvgIpc) is 3.36. The van der Waals surface area contributed by atoms with E-state index in [0.717, 1.165) is 66.7 Å². The van der Waals surface area contributed by atoms with Crippen LogP contribution in [0.15, 0.2) is 89.9 Å². The molecule has 0 saturated heterocycles. The van der Waals surface area contributed by atoms with Crippen molar-refractivity contribution in [2.75, 3.05) is 0 Å². The van der Waals surface area contributed by atoms with Crippen molar-refractivity contribution in [3.05, 3.63) is 96.1 Å². The molecule has 220 valence electrons. The van der Waals surface area contributed by atoms with Crippen molar-refractivity contribution in [3.63, 3.8) is 0 Å². The molecular weight excluding hydrogens is 540 g/mol. The van der Waals surface area contributed by atoms with Gasteiger partial charge in [-0.2, -0.15) is 0 Å². The molecule has 0 atom stereocenters. The lowest BCUT2D eigenvalue weighted by molar-refractivity contribution is -0.146. The molecule has 0 radical (unpaired) electrons. The standard InChI is InChI=1S/C18H19NO3.C18H17NO2/c20-16(19-18(17(21)22)10-4-1-5-11-18)15-9-8-13-6-2-3-7-14(13)12-15;20-17-18(10-4-1-5-11-18)19-16(21-17)15-9-8-13-6-2-3-7-14(13)12-15/h2-3,6-9,12H,1,4-5,10-11H2,(H,19,20)(H,21,22);2-3,6-9,12H,1,4-5,10-11H2. The molecule has 1 spiro atoms. The molecule has 1 aliphatic heterocycles. The van der Waals surface area contributed by atoms with Crippen LogP contribution < -0.4 is 5.32 Å². The van der Waals surface area contributed by atoms with Gasteiger partial charge in [-0.15, -0.1) is 0 Å². The lowest BCUT2D eigenvalue weighted by atomic mass is 9.81. The number of nitrogens with zero attached hydrogens (tertiary/aromatic N) is 1. The van der Waals surface area contributed by atoms with E-state index in [4.69, 9.17) is 4.74 Å². The van der Waals surface area contributed by atoms with Gasteiger partial charge in [-0.3, -0.25) is 4.79 Å². The third kappa shape index (κ3) is 5.89. The molecule has 1 amide bonds. The number of benzene rings is 4. The Hall–Kier alpha value is -4.52. The zero-order valence-electron chi connectivity index (χ0n) is 24.2. The Morgan fingerprint density at radius 3 is 1.88 bits per heavy atom. The minimum atomic E-state index is -1.11. The fraction of sp³-hybridized carbons (Fsp3) is 0.333. The maximum atomic E-state index is 12.5. The number of carboxylic acids is 1. The molecule has 4 aromatic carbocycles. The lowest BCUT2D eigenvalue weighted by Crippen LogP contribution is -2.55. The number of carboxylic acid groups (broad SMARTS) is 1. The van der Waals surface area contributed by atoms with E-state index in [1.165, 1.54) is 11.8 Å². The van der Waals surface area contributed by atoms with Gasteiger partial charge in [0.25, 0.3) is 5.91 Å². The molecule has 2 saturated carbocycles. The molecule has 2 N–H and O–H groups in total. The molecular formula is C36H36N2O5. The smallest absolute Gasteiger partial charge is 0.340 e. The zero-order chi connectivity index (χ0) is 29.9. The van der Waals surface area contributed by atoms with Crippen LogP contribution in [0.25, 0.3) is 21.5 Å². The first-order chi connectivity index (χ1) is 20.9. The summed E-state index contributed by atoms with van der Waals surface area (Å²) in [5, 5.41) is 16.7. The maximum absolute atomic E-state index is 12.5. The second-order valence-electron chi connectivity index (χ2n) is 11.9. The minimum absolute atomic E-state index is 0.162. The van der Waals surface area contributed by atoms with Crippen LogP contribution in [0.3, 0.4) is 0 Å². The number of aliphatic imine (C=N–C) groups is 1. The molecule has 7 nitrogen and oxygen atoms in total. The molecule has 7 rings (SSSR count). The zero-order valence-corrected chi connectivity index (χ0v) is 24.2. The lowest BCUT2D eigenvalue weighted by Gasteiger charge is -2.34. The SMILES string of the molecule is O=C(NC1(C(=O)O)CCCCC1)c1ccc2ccccc2c1.O=C1OC(c2ccc3ccccc3c2)=NC12CCCCC2. The van der Waals surface area contributed by atoms with Gasteiger partial charge in [-0.05, 0) is 71.5 Å². The Balaban J connectivity index is 0.000000153. The first kappa shape index (κ1) is 28.6. The first-order valence-electron chi connectivity index (χ1n) is 15.2. The van der Waals surface area contributed by atoms with Gasteiger partial charge in [-0.1, -0.05) is 99.2 Å². The number of fused-ring (bicyclic) bond motifs is 2. The van der Waals surface area contributed by atoms with Gasteiger partial charge in [0, 0.05) is 11.1 Å². The number of cyclic esters (lactones) is 1. The van der Waals surface area contributed by atoms with Crippen LogP contribution in [-0.2, 0) is 14.3 Å². The Morgan fingerprint density at radius 2 is 1.26 bits per heavy atom. The molecule has 0 bridgehead atoms. The number of amides is 1. The molecule has 1 heterocycles. The van der Waals surface area contributed by atoms with E-state index in [-0.39, 0.29) is 11.9 Å². The van der Waals surface area contributed by atoms with E-state index < -0.39 is 17.0 Å². The van der Waals surface area contributed by atoms with Gasteiger partial charge in [-0.25, -0.2) is 14.6 Å². The van der Waals surface area contributed by atoms with Gasteiger partial charge in [0.05, 0.1) is 0 Å². The van der Waals surface area contributed by atoms with Crippen molar-refractivity contribution >= 4 is 45.3 Å². The topological polar surface area (TPSA) is 105 Å². The van der Waals surface area contributed by atoms with E-state index in [0.29, 0.717) is 24.3 Å². The summed E-state index contributed by atoms with van der Waals surface area (Å²) >= 11 is 0. The van der Waals surface area contributed by atoms with Crippen LogP contribution in [0.2, 0.25) is 0 Å². The number of ether oxygens (including phenoxy) is 1. The third-order valence-electron chi connectivity index (χ3n) is 9.04. The number of nitrogens with one attached hydrogen (secondary N) is 1. The van der Waals surface area contributed by atoms with Crippen LogP contribution >= 0.6 is 0 Å².